The first kappa shape index (κ1) is 21.3. The van der Waals surface area contributed by atoms with Crippen LogP contribution in [-0.2, 0) is 14.9 Å². The van der Waals surface area contributed by atoms with Gasteiger partial charge in [0.05, 0.1) is 6.61 Å². The molecule has 2 rings (SSSR count). The molecule has 1 amide bonds. The van der Waals surface area contributed by atoms with Crippen molar-refractivity contribution in [2.45, 2.75) is 26.2 Å². The van der Waals surface area contributed by atoms with E-state index in [1.807, 2.05) is 18.2 Å². The number of benzene rings is 2. The lowest BCUT2D eigenvalue weighted by atomic mass is 9.86. The number of anilines is 1. The first-order chi connectivity index (χ1) is 12.8. The molecule has 5 nitrogen and oxygen atoms in total. The molecule has 6 heteroatoms. The third kappa shape index (κ3) is 6.88. The van der Waals surface area contributed by atoms with Gasteiger partial charge in [0.25, 0.3) is 5.91 Å². The lowest BCUT2D eigenvalue weighted by Crippen LogP contribution is -2.22. The minimum Gasteiger partial charge on any atom is -0.491 e. The molecule has 0 saturated carbocycles. The number of methoxy groups -OCH3 is 1. The van der Waals surface area contributed by atoms with Gasteiger partial charge >= 0.3 is 0 Å². The van der Waals surface area contributed by atoms with Crippen LogP contribution in [0.15, 0.2) is 46.9 Å². The Morgan fingerprint density at radius 3 is 2.37 bits per heavy atom. The molecule has 0 aliphatic heterocycles. The SMILES string of the molecule is COCCOc1ccc(NC(=O)COc2ccc(Br)cc2C(C)(C)C)cc1. The van der Waals surface area contributed by atoms with E-state index in [9.17, 15) is 4.79 Å². The monoisotopic (exact) mass is 435 g/mol. The second-order valence-electron chi connectivity index (χ2n) is 7.09. The first-order valence-electron chi connectivity index (χ1n) is 8.74. The fourth-order valence-electron chi connectivity index (χ4n) is 2.43. The van der Waals surface area contributed by atoms with Crippen LogP contribution in [0.2, 0.25) is 0 Å². The van der Waals surface area contributed by atoms with E-state index in [1.54, 1.807) is 31.4 Å². The first-order valence-corrected chi connectivity index (χ1v) is 9.53. The number of rotatable bonds is 8. The van der Waals surface area contributed by atoms with Crippen molar-refractivity contribution in [3.05, 3.63) is 52.5 Å². The number of carbonyl (C=O) groups is 1. The van der Waals surface area contributed by atoms with E-state index in [4.69, 9.17) is 14.2 Å². The highest BCUT2D eigenvalue weighted by atomic mass is 79.9. The quantitative estimate of drug-likeness (QED) is 0.605. The van der Waals surface area contributed by atoms with Crippen LogP contribution in [0.1, 0.15) is 26.3 Å². The standard InChI is InChI=1S/C21H26BrNO4/c1-21(2,3)18-13-15(22)5-10-19(18)27-14-20(24)23-16-6-8-17(9-7-16)26-12-11-25-4/h5-10,13H,11-12,14H2,1-4H3,(H,23,24). The number of carbonyl (C=O) groups excluding carboxylic acids is 1. The molecule has 0 saturated heterocycles. The fourth-order valence-corrected chi connectivity index (χ4v) is 2.79. The zero-order chi connectivity index (χ0) is 19.9. The highest BCUT2D eigenvalue weighted by Crippen LogP contribution is 2.33. The van der Waals surface area contributed by atoms with Crippen molar-refractivity contribution in [3.8, 4) is 11.5 Å². The van der Waals surface area contributed by atoms with E-state index >= 15 is 0 Å². The smallest absolute Gasteiger partial charge is 0.262 e. The van der Waals surface area contributed by atoms with Crippen LogP contribution in [-0.4, -0.2) is 32.8 Å². The Bertz CT molecular complexity index is 754. The van der Waals surface area contributed by atoms with Gasteiger partial charge in [-0.2, -0.15) is 0 Å². The van der Waals surface area contributed by atoms with Gasteiger partial charge in [-0.1, -0.05) is 36.7 Å². The Hall–Kier alpha value is -2.05. The Morgan fingerprint density at radius 2 is 1.74 bits per heavy atom. The van der Waals surface area contributed by atoms with Crippen LogP contribution in [0.5, 0.6) is 11.5 Å². The van der Waals surface area contributed by atoms with Crippen molar-refractivity contribution >= 4 is 27.5 Å². The molecule has 2 aromatic rings. The molecule has 2 aromatic carbocycles. The van der Waals surface area contributed by atoms with Crippen LogP contribution in [0.3, 0.4) is 0 Å². The number of halogens is 1. The topological polar surface area (TPSA) is 56.8 Å². The Labute approximate surface area is 169 Å². The van der Waals surface area contributed by atoms with E-state index in [0.717, 1.165) is 15.8 Å². The molecule has 1 N–H and O–H groups in total. The molecule has 0 aromatic heterocycles. The molecule has 27 heavy (non-hydrogen) atoms. The summed E-state index contributed by atoms with van der Waals surface area (Å²) in [5.74, 6) is 1.22. The van der Waals surface area contributed by atoms with Gasteiger partial charge in [-0.25, -0.2) is 0 Å². The summed E-state index contributed by atoms with van der Waals surface area (Å²) in [4.78, 5) is 12.2. The average Bonchev–Trinajstić information content (AvgIpc) is 2.61. The molecule has 0 heterocycles. The van der Waals surface area contributed by atoms with E-state index in [1.165, 1.54) is 0 Å². The molecule has 146 valence electrons. The maximum absolute atomic E-state index is 12.2. The Kier molecular flexibility index (Phi) is 7.68. The molecule has 0 aliphatic carbocycles. The minimum atomic E-state index is -0.217. The van der Waals surface area contributed by atoms with Gasteiger partial charge in [0.15, 0.2) is 6.61 Å². The number of hydrogen-bond acceptors (Lipinski definition) is 4. The zero-order valence-corrected chi connectivity index (χ0v) is 17.8. The molecule has 0 radical (unpaired) electrons. The predicted molar refractivity (Wildman–Crippen MR) is 111 cm³/mol. The van der Waals surface area contributed by atoms with Crippen molar-refractivity contribution in [3.63, 3.8) is 0 Å². The molecule has 0 unspecified atom stereocenters. The molecule has 0 spiro atoms. The predicted octanol–water partition coefficient (Wildman–Crippen LogP) is 4.79. The normalized spacial score (nSPS) is 11.1. The van der Waals surface area contributed by atoms with Gasteiger partial charge in [-0.05, 0) is 47.9 Å². The van der Waals surface area contributed by atoms with Crippen LogP contribution in [0, 0.1) is 0 Å². The minimum absolute atomic E-state index is 0.0587. The van der Waals surface area contributed by atoms with Crippen LogP contribution < -0.4 is 14.8 Å². The van der Waals surface area contributed by atoms with E-state index < -0.39 is 0 Å². The molecule has 0 aliphatic rings. The van der Waals surface area contributed by atoms with Gasteiger partial charge in [0.1, 0.15) is 18.1 Å². The molecular weight excluding hydrogens is 410 g/mol. The highest BCUT2D eigenvalue weighted by molar-refractivity contribution is 9.10. The number of ether oxygens (including phenoxy) is 3. The highest BCUT2D eigenvalue weighted by Gasteiger charge is 2.20. The molecule has 0 fully saturated rings. The summed E-state index contributed by atoms with van der Waals surface area (Å²) in [6.07, 6.45) is 0. The van der Waals surface area contributed by atoms with Gasteiger partial charge in [-0.15, -0.1) is 0 Å². The second kappa shape index (κ2) is 9.76. The summed E-state index contributed by atoms with van der Waals surface area (Å²) in [6, 6.07) is 13.0. The van der Waals surface area contributed by atoms with Gasteiger partial charge in [-0.3, -0.25) is 4.79 Å². The fraction of sp³-hybridized carbons (Fsp3) is 0.381. The van der Waals surface area contributed by atoms with E-state index in [2.05, 4.69) is 42.0 Å². The summed E-state index contributed by atoms with van der Waals surface area (Å²) in [5, 5.41) is 2.82. The van der Waals surface area contributed by atoms with Crippen molar-refractivity contribution < 1.29 is 19.0 Å². The number of amides is 1. The summed E-state index contributed by atoms with van der Waals surface area (Å²) >= 11 is 3.49. The van der Waals surface area contributed by atoms with Crippen molar-refractivity contribution in [1.82, 2.24) is 0 Å². The maximum atomic E-state index is 12.2. The molecular formula is C21H26BrNO4. The third-order valence-corrected chi connectivity index (χ3v) is 4.30. The van der Waals surface area contributed by atoms with E-state index in [-0.39, 0.29) is 17.9 Å². The Morgan fingerprint density at radius 1 is 1.04 bits per heavy atom. The molecule has 0 bridgehead atoms. The van der Waals surface area contributed by atoms with Crippen molar-refractivity contribution in [1.29, 1.82) is 0 Å². The van der Waals surface area contributed by atoms with Crippen LogP contribution in [0.4, 0.5) is 5.69 Å². The summed E-state index contributed by atoms with van der Waals surface area (Å²) in [6.45, 7) is 7.28. The largest absolute Gasteiger partial charge is 0.491 e. The molecule has 0 atom stereocenters. The third-order valence-electron chi connectivity index (χ3n) is 3.80. The summed E-state index contributed by atoms with van der Waals surface area (Å²) in [7, 11) is 1.63. The van der Waals surface area contributed by atoms with Crippen LogP contribution in [0.25, 0.3) is 0 Å². The Balaban J connectivity index is 1.91. The van der Waals surface area contributed by atoms with Crippen LogP contribution >= 0.6 is 15.9 Å². The lowest BCUT2D eigenvalue weighted by Gasteiger charge is -2.23. The van der Waals surface area contributed by atoms with Gasteiger partial charge < -0.3 is 19.5 Å². The maximum Gasteiger partial charge on any atom is 0.262 e. The summed E-state index contributed by atoms with van der Waals surface area (Å²) in [5.41, 5.74) is 1.64. The zero-order valence-electron chi connectivity index (χ0n) is 16.2. The lowest BCUT2D eigenvalue weighted by molar-refractivity contribution is -0.118. The van der Waals surface area contributed by atoms with Gasteiger partial charge in [0, 0.05) is 22.8 Å². The average molecular weight is 436 g/mol. The van der Waals surface area contributed by atoms with Gasteiger partial charge in [0.2, 0.25) is 0 Å². The van der Waals surface area contributed by atoms with Crippen molar-refractivity contribution in [2.75, 3.05) is 32.2 Å². The summed E-state index contributed by atoms with van der Waals surface area (Å²) < 4.78 is 17.2. The number of nitrogens with one attached hydrogen (secondary N) is 1. The van der Waals surface area contributed by atoms with Crippen molar-refractivity contribution in [2.24, 2.45) is 0 Å². The number of hydrogen-bond donors (Lipinski definition) is 1. The van der Waals surface area contributed by atoms with E-state index in [0.29, 0.717) is 24.7 Å². The second-order valence-corrected chi connectivity index (χ2v) is 8.01.